The molecule has 0 heterocycles. The number of rotatable bonds is 6. The Labute approximate surface area is 99.9 Å². The highest BCUT2D eigenvalue weighted by Crippen LogP contribution is 2.13. The third-order valence-corrected chi connectivity index (χ3v) is 2.08. The van der Waals surface area contributed by atoms with Crippen molar-refractivity contribution in [2.24, 2.45) is 0 Å². The average Bonchev–Trinajstić information content (AvgIpc) is 2.36. The predicted octanol–water partition coefficient (Wildman–Crippen LogP) is 0.859. The number of benzene rings is 1. The molecule has 1 aromatic rings. The van der Waals surface area contributed by atoms with Crippen LogP contribution in [0.4, 0.5) is 0 Å². The summed E-state index contributed by atoms with van der Waals surface area (Å²) in [5.41, 5.74) is 0.456. The molecule has 0 saturated carbocycles. The van der Waals surface area contributed by atoms with Gasteiger partial charge in [-0.25, -0.2) is 4.79 Å². The smallest absolute Gasteiger partial charge is 0.337 e. The highest BCUT2D eigenvalue weighted by atomic mass is 16.5. The standard InChI is InChI=1S/C12H16O5/c1-15-7-10(13)8-17-11-5-3-9(4-6-11)12(14)16-2/h3-6,10,13H,7-8H2,1-2H3. The lowest BCUT2D eigenvalue weighted by atomic mass is 10.2. The average molecular weight is 240 g/mol. The number of aliphatic hydroxyl groups is 1. The maximum absolute atomic E-state index is 11.2. The first-order valence-corrected chi connectivity index (χ1v) is 5.15. The van der Waals surface area contributed by atoms with Crippen molar-refractivity contribution in [3.63, 3.8) is 0 Å². The first-order valence-electron chi connectivity index (χ1n) is 5.15. The lowest BCUT2D eigenvalue weighted by Crippen LogP contribution is -2.22. The summed E-state index contributed by atoms with van der Waals surface area (Å²) in [7, 11) is 2.84. The molecule has 0 aliphatic heterocycles. The molecule has 17 heavy (non-hydrogen) atoms. The Bertz CT molecular complexity index is 346. The van der Waals surface area contributed by atoms with Gasteiger partial charge in [0.15, 0.2) is 0 Å². The minimum absolute atomic E-state index is 0.144. The minimum atomic E-state index is -0.666. The molecule has 0 spiro atoms. The van der Waals surface area contributed by atoms with Crippen LogP contribution < -0.4 is 4.74 Å². The van der Waals surface area contributed by atoms with E-state index in [9.17, 15) is 9.90 Å². The summed E-state index contributed by atoms with van der Waals surface area (Å²) in [5, 5.41) is 9.37. The summed E-state index contributed by atoms with van der Waals surface area (Å²) in [4.78, 5) is 11.2. The second-order valence-electron chi connectivity index (χ2n) is 3.44. The van der Waals surface area contributed by atoms with Crippen molar-refractivity contribution >= 4 is 5.97 Å². The number of ether oxygens (including phenoxy) is 3. The molecular weight excluding hydrogens is 224 g/mol. The summed E-state index contributed by atoms with van der Waals surface area (Å²) < 4.78 is 14.6. The van der Waals surface area contributed by atoms with E-state index in [0.29, 0.717) is 11.3 Å². The zero-order valence-corrected chi connectivity index (χ0v) is 9.88. The van der Waals surface area contributed by atoms with Crippen LogP contribution in [0.1, 0.15) is 10.4 Å². The second kappa shape index (κ2) is 6.88. The molecule has 0 radical (unpaired) electrons. The van der Waals surface area contributed by atoms with Gasteiger partial charge in [0.2, 0.25) is 0 Å². The lowest BCUT2D eigenvalue weighted by molar-refractivity contribution is 0.0325. The molecule has 0 aliphatic carbocycles. The van der Waals surface area contributed by atoms with Crippen LogP contribution in [0.15, 0.2) is 24.3 Å². The van der Waals surface area contributed by atoms with E-state index in [1.165, 1.54) is 14.2 Å². The fourth-order valence-electron chi connectivity index (χ4n) is 1.24. The largest absolute Gasteiger partial charge is 0.491 e. The number of aliphatic hydroxyl groups excluding tert-OH is 1. The molecule has 0 aromatic heterocycles. The van der Waals surface area contributed by atoms with E-state index in [2.05, 4.69) is 4.74 Å². The predicted molar refractivity (Wildman–Crippen MR) is 61.2 cm³/mol. The molecule has 5 heteroatoms. The van der Waals surface area contributed by atoms with E-state index in [4.69, 9.17) is 9.47 Å². The Kier molecular flexibility index (Phi) is 5.45. The number of carbonyl (C=O) groups is 1. The highest BCUT2D eigenvalue weighted by Gasteiger charge is 2.06. The van der Waals surface area contributed by atoms with Gasteiger partial charge in [0.05, 0.1) is 19.3 Å². The van der Waals surface area contributed by atoms with Crippen molar-refractivity contribution in [3.05, 3.63) is 29.8 Å². The number of hydrogen-bond acceptors (Lipinski definition) is 5. The van der Waals surface area contributed by atoms with Crippen molar-refractivity contribution < 1.29 is 24.1 Å². The number of hydrogen-bond donors (Lipinski definition) is 1. The van der Waals surface area contributed by atoms with Crippen LogP contribution >= 0.6 is 0 Å². The molecule has 1 atom stereocenters. The molecule has 0 aliphatic rings. The van der Waals surface area contributed by atoms with Crippen LogP contribution in [0.25, 0.3) is 0 Å². The Hall–Kier alpha value is -1.59. The van der Waals surface area contributed by atoms with Crippen LogP contribution in [0, 0.1) is 0 Å². The van der Waals surface area contributed by atoms with E-state index in [1.807, 2.05) is 0 Å². The van der Waals surface area contributed by atoms with Crippen molar-refractivity contribution in [2.75, 3.05) is 27.4 Å². The molecule has 94 valence electrons. The minimum Gasteiger partial charge on any atom is -0.491 e. The molecule has 5 nitrogen and oxygen atoms in total. The summed E-state index contributed by atoms with van der Waals surface area (Å²) in [6, 6.07) is 6.49. The Morgan fingerprint density at radius 3 is 2.41 bits per heavy atom. The molecule has 1 rings (SSSR count). The van der Waals surface area contributed by atoms with E-state index in [-0.39, 0.29) is 13.2 Å². The maximum Gasteiger partial charge on any atom is 0.337 e. The fourth-order valence-corrected chi connectivity index (χ4v) is 1.24. The molecule has 0 saturated heterocycles. The molecule has 1 aromatic carbocycles. The molecule has 0 amide bonds. The third kappa shape index (κ3) is 4.42. The van der Waals surface area contributed by atoms with E-state index in [1.54, 1.807) is 24.3 Å². The van der Waals surface area contributed by atoms with E-state index in [0.717, 1.165) is 0 Å². The van der Waals surface area contributed by atoms with Crippen molar-refractivity contribution in [3.8, 4) is 5.75 Å². The van der Waals surface area contributed by atoms with E-state index < -0.39 is 12.1 Å². The quantitative estimate of drug-likeness (QED) is 0.747. The fraction of sp³-hybridized carbons (Fsp3) is 0.417. The Morgan fingerprint density at radius 2 is 1.88 bits per heavy atom. The van der Waals surface area contributed by atoms with Gasteiger partial charge in [0.25, 0.3) is 0 Å². The van der Waals surface area contributed by atoms with Crippen molar-refractivity contribution in [1.82, 2.24) is 0 Å². The van der Waals surface area contributed by atoms with Gasteiger partial charge in [0.1, 0.15) is 18.5 Å². The second-order valence-corrected chi connectivity index (χ2v) is 3.44. The van der Waals surface area contributed by atoms with E-state index >= 15 is 0 Å². The molecule has 0 fully saturated rings. The zero-order valence-electron chi connectivity index (χ0n) is 9.88. The van der Waals surface area contributed by atoms with Gasteiger partial charge in [-0.05, 0) is 24.3 Å². The highest BCUT2D eigenvalue weighted by molar-refractivity contribution is 5.89. The van der Waals surface area contributed by atoms with Gasteiger partial charge in [0, 0.05) is 7.11 Å². The Balaban J connectivity index is 2.48. The van der Waals surface area contributed by atoms with Crippen LogP contribution in [0.2, 0.25) is 0 Å². The van der Waals surface area contributed by atoms with Crippen molar-refractivity contribution in [1.29, 1.82) is 0 Å². The van der Waals surface area contributed by atoms with Gasteiger partial charge in [-0.3, -0.25) is 0 Å². The van der Waals surface area contributed by atoms with Gasteiger partial charge >= 0.3 is 5.97 Å². The number of esters is 1. The Morgan fingerprint density at radius 1 is 1.24 bits per heavy atom. The molecular formula is C12H16O5. The first-order chi connectivity index (χ1) is 8.17. The van der Waals surface area contributed by atoms with Crippen molar-refractivity contribution in [2.45, 2.75) is 6.10 Å². The van der Waals surface area contributed by atoms with Gasteiger partial charge in [-0.2, -0.15) is 0 Å². The van der Waals surface area contributed by atoms with Crippen LogP contribution in [-0.2, 0) is 9.47 Å². The van der Waals surface area contributed by atoms with Gasteiger partial charge < -0.3 is 19.3 Å². The number of methoxy groups -OCH3 is 2. The summed E-state index contributed by atoms with van der Waals surface area (Å²) in [5.74, 6) is 0.184. The lowest BCUT2D eigenvalue weighted by Gasteiger charge is -2.11. The zero-order chi connectivity index (χ0) is 12.7. The summed E-state index contributed by atoms with van der Waals surface area (Å²) in [6.07, 6.45) is -0.666. The maximum atomic E-state index is 11.2. The first kappa shape index (κ1) is 13.5. The third-order valence-electron chi connectivity index (χ3n) is 2.08. The van der Waals surface area contributed by atoms with Gasteiger partial charge in [-0.1, -0.05) is 0 Å². The van der Waals surface area contributed by atoms with Crippen LogP contribution in [0.3, 0.4) is 0 Å². The number of carbonyl (C=O) groups excluding carboxylic acids is 1. The van der Waals surface area contributed by atoms with Crippen LogP contribution in [-0.4, -0.2) is 44.6 Å². The van der Waals surface area contributed by atoms with Crippen LogP contribution in [0.5, 0.6) is 5.75 Å². The monoisotopic (exact) mass is 240 g/mol. The topological polar surface area (TPSA) is 65.0 Å². The summed E-state index contributed by atoms with van der Waals surface area (Å²) >= 11 is 0. The SMILES string of the molecule is COCC(O)COc1ccc(C(=O)OC)cc1. The molecule has 1 unspecified atom stereocenters. The normalized spacial score (nSPS) is 11.9. The van der Waals surface area contributed by atoms with Gasteiger partial charge in [-0.15, -0.1) is 0 Å². The molecule has 1 N–H and O–H groups in total. The molecule has 0 bridgehead atoms. The summed E-state index contributed by atoms with van der Waals surface area (Å²) in [6.45, 7) is 0.367.